The molecule has 0 aliphatic rings. The predicted octanol–water partition coefficient (Wildman–Crippen LogP) is 2.94. The zero-order chi connectivity index (χ0) is 13.9. The highest BCUT2D eigenvalue weighted by molar-refractivity contribution is 6.17. The van der Waals surface area contributed by atoms with Crippen LogP contribution in [0.5, 0.6) is 0 Å². The maximum absolute atomic E-state index is 12.8. The molecule has 1 aromatic carbocycles. The summed E-state index contributed by atoms with van der Waals surface area (Å²) in [5, 5.41) is 17.3. The van der Waals surface area contributed by atoms with Crippen LogP contribution in [0.3, 0.4) is 0 Å². The van der Waals surface area contributed by atoms with E-state index in [9.17, 15) is 18.0 Å². The van der Waals surface area contributed by atoms with E-state index in [1.54, 1.807) is 6.07 Å². The van der Waals surface area contributed by atoms with Crippen LogP contribution >= 0.6 is 11.6 Å². The molecular formula is C11H7ClF3NO2. The van der Waals surface area contributed by atoms with Gasteiger partial charge < -0.3 is 5.11 Å². The Labute approximate surface area is 105 Å². The lowest BCUT2D eigenvalue weighted by Crippen LogP contribution is -2.15. The molecule has 96 valence electrons. The van der Waals surface area contributed by atoms with E-state index in [1.807, 2.05) is 0 Å². The number of aliphatic carboxylic acids is 1. The van der Waals surface area contributed by atoms with E-state index in [-0.39, 0.29) is 11.1 Å². The van der Waals surface area contributed by atoms with Crippen molar-refractivity contribution in [3.63, 3.8) is 0 Å². The highest BCUT2D eigenvalue weighted by atomic mass is 35.5. The molecule has 0 bridgehead atoms. The van der Waals surface area contributed by atoms with Crippen LogP contribution in [0.15, 0.2) is 12.1 Å². The number of carboxylic acid groups (broad SMARTS) is 1. The van der Waals surface area contributed by atoms with E-state index in [1.165, 1.54) is 0 Å². The number of rotatable bonds is 3. The molecule has 0 aliphatic carbocycles. The van der Waals surface area contributed by atoms with Gasteiger partial charge in [-0.2, -0.15) is 18.4 Å². The van der Waals surface area contributed by atoms with Crippen molar-refractivity contribution in [1.82, 2.24) is 0 Å². The quantitative estimate of drug-likeness (QED) is 0.864. The van der Waals surface area contributed by atoms with Gasteiger partial charge >= 0.3 is 12.1 Å². The number of alkyl halides is 4. The summed E-state index contributed by atoms with van der Waals surface area (Å²) >= 11 is 5.42. The first-order valence-electron chi connectivity index (χ1n) is 4.70. The first-order chi connectivity index (χ1) is 8.29. The van der Waals surface area contributed by atoms with E-state index >= 15 is 0 Å². The first kappa shape index (κ1) is 14.3. The molecule has 0 radical (unpaired) electrons. The molecule has 0 heterocycles. The van der Waals surface area contributed by atoms with Gasteiger partial charge in [0.15, 0.2) is 0 Å². The van der Waals surface area contributed by atoms with Gasteiger partial charge in [0, 0.05) is 5.88 Å². The molecule has 0 aromatic heterocycles. The maximum atomic E-state index is 12.8. The zero-order valence-electron chi connectivity index (χ0n) is 8.88. The topological polar surface area (TPSA) is 61.1 Å². The average molecular weight is 278 g/mol. The van der Waals surface area contributed by atoms with E-state index < -0.39 is 35.6 Å². The van der Waals surface area contributed by atoms with Crippen LogP contribution in [0.1, 0.15) is 22.3 Å². The molecule has 18 heavy (non-hydrogen) atoms. The number of benzene rings is 1. The number of carbonyl (C=O) groups is 1. The monoisotopic (exact) mass is 277 g/mol. The number of hydrogen-bond donors (Lipinski definition) is 1. The summed E-state index contributed by atoms with van der Waals surface area (Å²) in [6.07, 6.45) is -5.52. The minimum absolute atomic E-state index is 0.0464. The van der Waals surface area contributed by atoms with E-state index in [0.717, 1.165) is 12.1 Å². The van der Waals surface area contributed by atoms with Crippen LogP contribution in [0.2, 0.25) is 0 Å². The van der Waals surface area contributed by atoms with Gasteiger partial charge in [0.1, 0.15) is 0 Å². The SMILES string of the molecule is N#Cc1cc(CCl)c(C(F)(F)F)c(CC(=O)O)c1. The maximum Gasteiger partial charge on any atom is 0.417 e. The predicted molar refractivity (Wildman–Crippen MR) is 57.1 cm³/mol. The molecule has 1 aromatic rings. The lowest BCUT2D eigenvalue weighted by atomic mass is 9.96. The standard InChI is InChI=1S/C11H7ClF3NO2/c12-4-8-2-6(5-16)1-7(3-9(17)18)10(8)11(13,14)15/h1-2H,3-4H2,(H,17,18). The second-order valence-electron chi connectivity index (χ2n) is 3.48. The van der Waals surface area contributed by atoms with Crippen molar-refractivity contribution in [2.24, 2.45) is 0 Å². The average Bonchev–Trinajstić information content (AvgIpc) is 2.25. The molecule has 0 aliphatic heterocycles. The molecule has 0 fully saturated rings. The number of hydrogen-bond acceptors (Lipinski definition) is 2. The van der Waals surface area contributed by atoms with Crippen LogP contribution < -0.4 is 0 Å². The molecule has 0 amide bonds. The van der Waals surface area contributed by atoms with Crippen LogP contribution in [0, 0.1) is 11.3 Å². The molecular weight excluding hydrogens is 271 g/mol. The van der Waals surface area contributed by atoms with Crippen molar-refractivity contribution in [3.8, 4) is 6.07 Å². The Hall–Kier alpha value is -1.74. The van der Waals surface area contributed by atoms with Crippen LogP contribution in [0.25, 0.3) is 0 Å². The van der Waals surface area contributed by atoms with Gasteiger partial charge in [-0.1, -0.05) is 0 Å². The summed E-state index contributed by atoms with van der Waals surface area (Å²) in [6.45, 7) is 0. The summed E-state index contributed by atoms with van der Waals surface area (Å²) in [6, 6.07) is 3.61. The molecule has 0 unspecified atom stereocenters. The van der Waals surface area contributed by atoms with Gasteiger partial charge in [0.25, 0.3) is 0 Å². The van der Waals surface area contributed by atoms with Gasteiger partial charge in [-0.3, -0.25) is 4.79 Å². The Balaban J connectivity index is 3.53. The second-order valence-corrected chi connectivity index (χ2v) is 3.75. The van der Waals surface area contributed by atoms with Gasteiger partial charge in [-0.15, -0.1) is 11.6 Å². The largest absolute Gasteiger partial charge is 0.481 e. The van der Waals surface area contributed by atoms with Crippen molar-refractivity contribution in [1.29, 1.82) is 5.26 Å². The Bertz CT molecular complexity index is 520. The third-order valence-corrected chi connectivity index (χ3v) is 2.49. The van der Waals surface area contributed by atoms with E-state index in [0.29, 0.717) is 0 Å². The summed E-state index contributed by atoms with van der Waals surface area (Å²) in [5.74, 6) is -1.85. The number of carboxylic acids is 1. The number of nitrogens with zero attached hydrogens (tertiary/aromatic N) is 1. The third-order valence-electron chi connectivity index (χ3n) is 2.20. The van der Waals surface area contributed by atoms with Crippen molar-refractivity contribution >= 4 is 17.6 Å². The highest BCUT2D eigenvalue weighted by Crippen LogP contribution is 2.36. The second kappa shape index (κ2) is 5.27. The fourth-order valence-corrected chi connectivity index (χ4v) is 1.81. The van der Waals surface area contributed by atoms with Crippen molar-refractivity contribution in [3.05, 3.63) is 34.4 Å². The molecule has 7 heteroatoms. The van der Waals surface area contributed by atoms with E-state index in [2.05, 4.69) is 0 Å². The number of nitriles is 1. The molecule has 3 nitrogen and oxygen atoms in total. The van der Waals surface area contributed by atoms with Gasteiger partial charge in [-0.05, 0) is 23.3 Å². The normalized spacial score (nSPS) is 11.1. The Morgan fingerprint density at radius 1 is 1.39 bits per heavy atom. The van der Waals surface area contributed by atoms with Crippen LogP contribution in [-0.4, -0.2) is 11.1 Å². The Kier molecular flexibility index (Phi) is 4.19. The van der Waals surface area contributed by atoms with Crippen LogP contribution in [0.4, 0.5) is 13.2 Å². The summed E-state index contributed by atoms with van der Waals surface area (Å²) in [5.41, 5.74) is -1.86. The molecule has 0 spiro atoms. The zero-order valence-corrected chi connectivity index (χ0v) is 9.64. The Morgan fingerprint density at radius 3 is 2.33 bits per heavy atom. The summed E-state index contributed by atoms with van der Waals surface area (Å²) in [4.78, 5) is 10.6. The third kappa shape index (κ3) is 3.14. The minimum Gasteiger partial charge on any atom is -0.481 e. The number of halogens is 4. The van der Waals surface area contributed by atoms with Gasteiger partial charge in [-0.25, -0.2) is 0 Å². The first-order valence-corrected chi connectivity index (χ1v) is 5.24. The minimum atomic E-state index is -4.71. The molecule has 1 N–H and O–H groups in total. The van der Waals surface area contributed by atoms with Crippen molar-refractivity contribution in [2.45, 2.75) is 18.5 Å². The van der Waals surface area contributed by atoms with Crippen molar-refractivity contribution in [2.75, 3.05) is 0 Å². The highest BCUT2D eigenvalue weighted by Gasteiger charge is 2.36. The Morgan fingerprint density at radius 2 is 1.94 bits per heavy atom. The fourth-order valence-electron chi connectivity index (χ4n) is 1.60. The van der Waals surface area contributed by atoms with Crippen molar-refractivity contribution < 1.29 is 23.1 Å². The van der Waals surface area contributed by atoms with Gasteiger partial charge in [0.05, 0.1) is 23.6 Å². The lowest BCUT2D eigenvalue weighted by Gasteiger charge is -2.16. The van der Waals surface area contributed by atoms with E-state index in [4.69, 9.17) is 22.0 Å². The molecule has 0 atom stereocenters. The fraction of sp³-hybridized carbons (Fsp3) is 0.273. The molecule has 0 saturated carbocycles. The van der Waals surface area contributed by atoms with Gasteiger partial charge in [0.2, 0.25) is 0 Å². The lowest BCUT2D eigenvalue weighted by molar-refractivity contribution is -0.140. The molecule has 1 rings (SSSR count). The summed E-state index contributed by atoms with van der Waals surface area (Å²) < 4.78 is 38.5. The molecule has 0 saturated heterocycles. The summed E-state index contributed by atoms with van der Waals surface area (Å²) in [7, 11) is 0. The van der Waals surface area contributed by atoms with Crippen LogP contribution in [-0.2, 0) is 23.3 Å². The smallest absolute Gasteiger partial charge is 0.417 e.